The first kappa shape index (κ1) is 18.0. The molecule has 1 aliphatic carbocycles. The van der Waals surface area contributed by atoms with Crippen molar-refractivity contribution < 1.29 is 9.59 Å². The summed E-state index contributed by atoms with van der Waals surface area (Å²) in [6, 6.07) is 14.6. The number of anilines is 1. The topological polar surface area (TPSA) is 58.2 Å². The Labute approximate surface area is 160 Å². The van der Waals surface area contributed by atoms with Crippen LogP contribution in [0.15, 0.2) is 53.0 Å². The Bertz CT molecular complexity index is 797. The average Bonchev–Trinajstić information content (AvgIpc) is 3.32. The summed E-state index contributed by atoms with van der Waals surface area (Å²) in [5.41, 5.74) is 1.42. The Morgan fingerprint density at radius 2 is 1.84 bits per heavy atom. The van der Waals surface area contributed by atoms with Gasteiger partial charge in [-0.25, -0.2) is 0 Å². The lowest BCUT2D eigenvalue weighted by Gasteiger charge is -2.19. The number of rotatable bonds is 4. The Morgan fingerprint density at radius 3 is 2.44 bits per heavy atom. The van der Waals surface area contributed by atoms with Crippen LogP contribution in [-0.4, -0.2) is 11.8 Å². The van der Waals surface area contributed by atoms with Crippen LogP contribution in [-0.2, 0) is 9.59 Å². The van der Waals surface area contributed by atoms with E-state index in [-0.39, 0.29) is 6.04 Å². The standard InChI is InChI=1S/C19H18BrClN2O2/c1-11-9-14(11)17(12-5-3-2-4-6-12)23-19(25)18(24)22-16-8-7-13(20)10-15(16)21/h2-8,10-11,14,17H,9H2,1H3,(H,22,24)(H,23,25). The number of benzene rings is 2. The smallest absolute Gasteiger partial charge is 0.313 e. The van der Waals surface area contributed by atoms with Gasteiger partial charge in [-0.2, -0.15) is 0 Å². The number of halogens is 2. The molecule has 0 saturated heterocycles. The summed E-state index contributed by atoms with van der Waals surface area (Å²) in [5, 5.41) is 5.80. The van der Waals surface area contributed by atoms with Gasteiger partial charge in [-0.15, -0.1) is 0 Å². The molecule has 2 amide bonds. The van der Waals surface area contributed by atoms with E-state index in [4.69, 9.17) is 11.6 Å². The normalized spacial score (nSPS) is 19.8. The lowest BCUT2D eigenvalue weighted by atomic mass is 10.0. The molecule has 3 atom stereocenters. The average molecular weight is 422 g/mol. The molecule has 6 heteroatoms. The van der Waals surface area contributed by atoms with Gasteiger partial charge >= 0.3 is 11.8 Å². The first-order valence-corrected chi connectivity index (χ1v) is 9.24. The van der Waals surface area contributed by atoms with Crippen molar-refractivity contribution in [3.8, 4) is 0 Å². The Balaban J connectivity index is 1.70. The van der Waals surface area contributed by atoms with Gasteiger partial charge in [0.1, 0.15) is 0 Å². The third kappa shape index (κ3) is 4.41. The van der Waals surface area contributed by atoms with Gasteiger partial charge in [0.05, 0.1) is 16.8 Å². The second-order valence-electron chi connectivity index (χ2n) is 6.32. The first-order valence-electron chi connectivity index (χ1n) is 8.07. The van der Waals surface area contributed by atoms with Gasteiger partial charge in [0.2, 0.25) is 0 Å². The molecule has 0 heterocycles. The van der Waals surface area contributed by atoms with Crippen LogP contribution in [0.3, 0.4) is 0 Å². The van der Waals surface area contributed by atoms with Crippen LogP contribution in [0.2, 0.25) is 5.02 Å². The van der Waals surface area contributed by atoms with Crippen LogP contribution in [0.1, 0.15) is 24.9 Å². The van der Waals surface area contributed by atoms with Crippen LogP contribution in [0, 0.1) is 11.8 Å². The fourth-order valence-electron chi connectivity index (χ4n) is 2.89. The predicted molar refractivity (Wildman–Crippen MR) is 102 cm³/mol. The van der Waals surface area contributed by atoms with E-state index in [1.807, 2.05) is 30.3 Å². The van der Waals surface area contributed by atoms with Gasteiger partial charge in [0, 0.05) is 4.47 Å². The molecule has 2 N–H and O–H groups in total. The fourth-order valence-corrected chi connectivity index (χ4v) is 3.61. The van der Waals surface area contributed by atoms with Crippen LogP contribution in [0.25, 0.3) is 0 Å². The molecular weight excluding hydrogens is 404 g/mol. The quantitative estimate of drug-likeness (QED) is 0.711. The van der Waals surface area contributed by atoms with Crippen molar-refractivity contribution in [3.05, 3.63) is 63.6 Å². The molecule has 2 aromatic rings. The van der Waals surface area contributed by atoms with Crippen LogP contribution in [0.5, 0.6) is 0 Å². The van der Waals surface area contributed by atoms with E-state index in [1.165, 1.54) is 0 Å². The van der Waals surface area contributed by atoms with Gasteiger partial charge in [-0.1, -0.05) is 64.8 Å². The van der Waals surface area contributed by atoms with Gasteiger partial charge in [-0.3, -0.25) is 9.59 Å². The SMILES string of the molecule is CC1CC1C(NC(=O)C(=O)Nc1ccc(Br)cc1Cl)c1ccccc1. The first-order chi connectivity index (χ1) is 12.0. The predicted octanol–water partition coefficient (Wildman–Crippen LogP) is 4.55. The highest BCUT2D eigenvalue weighted by Crippen LogP contribution is 2.46. The summed E-state index contributed by atoms with van der Waals surface area (Å²) in [6.45, 7) is 2.15. The third-order valence-corrected chi connectivity index (χ3v) is 5.24. The van der Waals surface area contributed by atoms with Gasteiger partial charge in [0.25, 0.3) is 0 Å². The summed E-state index contributed by atoms with van der Waals surface area (Å²) in [6.07, 6.45) is 1.04. The lowest BCUT2D eigenvalue weighted by molar-refractivity contribution is -0.136. The largest absolute Gasteiger partial charge is 0.341 e. The van der Waals surface area contributed by atoms with E-state index in [2.05, 4.69) is 33.5 Å². The van der Waals surface area contributed by atoms with Crippen molar-refractivity contribution in [1.29, 1.82) is 0 Å². The minimum atomic E-state index is -0.724. The Hall–Kier alpha value is -1.85. The summed E-state index contributed by atoms with van der Waals surface area (Å²) in [4.78, 5) is 24.6. The minimum Gasteiger partial charge on any atom is -0.341 e. The molecular formula is C19H18BrClN2O2. The fraction of sp³-hybridized carbons (Fsp3) is 0.263. The van der Waals surface area contributed by atoms with Gasteiger partial charge < -0.3 is 10.6 Å². The molecule has 3 unspecified atom stereocenters. The maximum Gasteiger partial charge on any atom is 0.313 e. The summed E-state index contributed by atoms with van der Waals surface area (Å²) in [7, 11) is 0. The van der Waals surface area contributed by atoms with E-state index >= 15 is 0 Å². The van der Waals surface area contributed by atoms with Crippen molar-refractivity contribution in [2.75, 3.05) is 5.32 Å². The molecule has 130 valence electrons. The zero-order valence-electron chi connectivity index (χ0n) is 13.6. The number of hydrogen-bond acceptors (Lipinski definition) is 2. The molecule has 2 aromatic carbocycles. The van der Waals surface area contributed by atoms with Crippen molar-refractivity contribution >= 4 is 45.0 Å². The second kappa shape index (κ2) is 7.58. The van der Waals surface area contributed by atoms with Crippen molar-refractivity contribution in [1.82, 2.24) is 5.32 Å². The van der Waals surface area contributed by atoms with E-state index in [9.17, 15) is 9.59 Å². The summed E-state index contributed by atoms with van der Waals surface area (Å²) >= 11 is 9.39. The highest BCUT2D eigenvalue weighted by atomic mass is 79.9. The molecule has 1 aliphatic rings. The molecule has 0 spiro atoms. The molecule has 0 bridgehead atoms. The van der Waals surface area contributed by atoms with Crippen molar-refractivity contribution in [2.45, 2.75) is 19.4 Å². The summed E-state index contributed by atoms with van der Waals surface area (Å²) in [5.74, 6) is -0.490. The highest BCUT2D eigenvalue weighted by Gasteiger charge is 2.41. The maximum atomic E-state index is 12.4. The van der Waals surface area contributed by atoms with Crippen molar-refractivity contribution in [2.24, 2.45) is 11.8 Å². The number of hydrogen-bond donors (Lipinski definition) is 2. The molecule has 1 saturated carbocycles. The van der Waals surface area contributed by atoms with E-state index in [0.717, 1.165) is 16.5 Å². The molecule has 3 rings (SSSR count). The van der Waals surface area contributed by atoms with Crippen LogP contribution < -0.4 is 10.6 Å². The molecule has 0 radical (unpaired) electrons. The minimum absolute atomic E-state index is 0.158. The lowest BCUT2D eigenvalue weighted by Crippen LogP contribution is -2.38. The van der Waals surface area contributed by atoms with Crippen LogP contribution in [0.4, 0.5) is 5.69 Å². The Kier molecular flexibility index (Phi) is 5.45. The zero-order valence-corrected chi connectivity index (χ0v) is 16.0. The molecule has 0 aromatic heterocycles. The van der Waals surface area contributed by atoms with Crippen LogP contribution >= 0.6 is 27.5 Å². The zero-order chi connectivity index (χ0) is 18.0. The number of nitrogens with one attached hydrogen (secondary N) is 2. The summed E-state index contributed by atoms with van der Waals surface area (Å²) < 4.78 is 0.798. The van der Waals surface area contributed by atoms with Crippen molar-refractivity contribution in [3.63, 3.8) is 0 Å². The number of amides is 2. The van der Waals surface area contributed by atoms with E-state index in [1.54, 1.807) is 18.2 Å². The number of carbonyl (C=O) groups is 2. The molecule has 0 aliphatic heterocycles. The number of carbonyl (C=O) groups excluding carboxylic acids is 2. The monoisotopic (exact) mass is 420 g/mol. The van der Waals surface area contributed by atoms with E-state index < -0.39 is 11.8 Å². The third-order valence-electron chi connectivity index (χ3n) is 4.43. The maximum absolute atomic E-state index is 12.4. The van der Waals surface area contributed by atoms with Gasteiger partial charge in [-0.05, 0) is 42.0 Å². The highest BCUT2D eigenvalue weighted by molar-refractivity contribution is 9.10. The second-order valence-corrected chi connectivity index (χ2v) is 7.64. The van der Waals surface area contributed by atoms with E-state index in [0.29, 0.717) is 22.5 Å². The van der Waals surface area contributed by atoms with Gasteiger partial charge in [0.15, 0.2) is 0 Å². The molecule has 1 fully saturated rings. The molecule has 4 nitrogen and oxygen atoms in total. The molecule has 25 heavy (non-hydrogen) atoms. The Morgan fingerprint density at radius 1 is 1.16 bits per heavy atom.